The lowest BCUT2D eigenvalue weighted by Gasteiger charge is -2.29. The van der Waals surface area contributed by atoms with Gasteiger partial charge in [0.1, 0.15) is 6.10 Å². The molecular formula is C30H31N3O4. The van der Waals surface area contributed by atoms with Gasteiger partial charge in [-0.2, -0.15) is 0 Å². The molecule has 2 aromatic heterocycles. The van der Waals surface area contributed by atoms with Gasteiger partial charge in [0, 0.05) is 48.5 Å². The van der Waals surface area contributed by atoms with Gasteiger partial charge in [-0.15, -0.1) is 0 Å². The molecule has 1 atom stereocenters. The number of nitrogens with zero attached hydrogens (tertiary/aromatic N) is 3. The molecule has 7 nitrogen and oxygen atoms in total. The maximum Gasteiger partial charge on any atom is 0.251 e. The molecular weight excluding hydrogens is 466 g/mol. The van der Waals surface area contributed by atoms with E-state index in [1.165, 1.54) is 0 Å². The Kier molecular flexibility index (Phi) is 7.44. The van der Waals surface area contributed by atoms with E-state index in [4.69, 9.17) is 9.47 Å². The zero-order valence-electron chi connectivity index (χ0n) is 21.2. The van der Waals surface area contributed by atoms with Crippen LogP contribution in [0, 0.1) is 6.92 Å². The molecule has 2 aromatic carbocycles. The summed E-state index contributed by atoms with van der Waals surface area (Å²) >= 11 is 0. The van der Waals surface area contributed by atoms with E-state index in [0.29, 0.717) is 50.6 Å². The molecule has 4 aromatic rings. The minimum Gasteiger partial charge on any atom is -0.378 e. The summed E-state index contributed by atoms with van der Waals surface area (Å²) in [6.07, 6.45) is 4.92. The van der Waals surface area contributed by atoms with Crippen LogP contribution in [0.5, 0.6) is 0 Å². The van der Waals surface area contributed by atoms with Gasteiger partial charge in [0.25, 0.3) is 5.91 Å². The van der Waals surface area contributed by atoms with Crippen LogP contribution in [0.2, 0.25) is 0 Å². The lowest BCUT2D eigenvalue weighted by Crippen LogP contribution is -2.45. The summed E-state index contributed by atoms with van der Waals surface area (Å²) in [4.78, 5) is 32.1. The summed E-state index contributed by atoms with van der Waals surface area (Å²) in [5.74, 6) is -0.00689. The van der Waals surface area contributed by atoms with Gasteiger partial charge in [-0.1, -0.05) is 54.1 Å². The Morgan fingerprint density at radius 2 is 1.81 bits per heavy atom. The lowest BCUT2D eigenvalue weighted by atomic mass is 10.0. The van der Waals surface area contributed by atoms with Gasteiger partial charge in [0.2, 0.25) is 0 Å². The number of pyridine rings is 1. The monoisotopic (exact) mass is 497 g/mol. The highest BCUT2D eigenvalue weighted by Gasteiger charge is 2.23. The Hall–Kier alpha value is -3.81. The van der Waals surface area contributed by atoms with Crippen molar-refractivity contribution in [3.63, 3.8) is 0 Å². The first kappa shape index (κ1) is 24.9. The third kappa shape index (κ3) is 5.63. The van der Waals surface area contributed by atoms with Crippen molar-refractivity contribution in [2.45, 2.75) is 33.1 Å². The Morgan fingerprint density at radius 3 is 2.59 bits per heavy atom. The van der Waals surface area contributed by atoms with Crippen molar-refractivity contribution >= 4 is 22.6 Å². The Labute approximate surface area is 216 Å². The summed E-state index contributed by atoms with van der Waals surface area (Å²) in [7, 11) is 0. The van der Waals surface area contributed by atoms with Crippen LogP contribution in [0.15, 0.2) is 73.2 Å². The van der Waals surface area contributed by atoms with E-state index in [9.17, 15) is 9.59 Å². The van der Waals surface area contributed by atoms with Crippen LogP contribution >= 0.6 is 0 Å². The predicted molar refractivity (Wildman–Crippen MR) is 142 cm³/mol. The number of carbonyl (C=O) groups is 2. The summed E-state index contributed by atoms with van der Waals surface area (Å²) in [6.45, 7) is 7.09. The summed E-state index contributed by atoms with van der Waals surface area (Å²) in [6, 6.07) is 17.7. The summed E-state index contributed by atoms with van der Waals surface area (Å²) < 4.78 is 13.3. The molecule has 0 saturated carbocycles. The minimum absolute atomic E-state index is 0.00320. The molecule has 1 amide bonds. The molecule has 190 valence electrons. The molecule has 0 radical (unpaired) electrons. The average molecular weight is 498 g/mol. The number of rotatable bonds is 8. The van der Waals surface area contributed by atoms with Gasteiger partial charge in [0.15, 0.2) is 5.78 Å². The fourth-order valence-electron chi connectivity index (χ4n) is 4.66. The molecule has 0 aliphatic carbocycles. The van der Waals surface area contributed by atoms with Crippen LogP contribution in [0.25, 0.3) is 10.9 Å². The van der Waals surface area contributed by atoms with Crippen LogP contribution in [-0.4, -0.2) is 58.5 Å². The third-order valence-electron chi connectivity index (χ3n) is 6.76. The van der Waals surface area contributed by atoms with Crippen molar-refractivity contribution in [3.8, 4) is 0 Å². The molecule has 0 spiro atoms. The lowest BCUT2D eigenvalue weighted by molar-refractivity contribution is -0.147. The number of carbonyl (C=O) groups excluding carboxylic acids is 2. The van der Waals surface area contributed by atoms with E-state index in [0.717, 1.165) is 27.6 Å². The van der Waals surface area contributed by atoms with Crippen LogP contribution in [-0.2, 0) is 27.4 Å². The number of morpholine rings is 1. The largest absolute Gasteiger partial charge is 0.378 e. The van der Waals surface area contributed by atoms with Gasteiger partial charge in [-0.25, -0.2) is 0 Å². The molecule has 1 saturated heterocycles. The number of ketones is 1. The van der Waals surface area contributed by atoms with Crippen molar-refractivity contribution in [2.24, 2.45) is 0 Å². The normalized spacial score (nSPS) is 14.6. The molecule has 0 bridgehead atoms. The topological polar surface area (TPSA) is 73.7 Å². The number of aromatic nitrogens is 2. The molecule has 7 heteroatoms. The smallest absolute Gasteiger partial charge is 0.251 e. The first-order chi connectivity index (χ1) is 18.0. The molecule has 0 N–H and O–H groups in total. The van der Waals surface area contributed by atoms with Crippen LogP contribution in [0.3, 0.4) is 0 Å². The molecule has 37 heavy (non-hydrogen) atoms. The molecule has 1 unspecified atom stereocenters. The highest BCUT2D eigenvalue weighted by atomic mass is 16.5. The molecule has 1 aliphatic rings. The number of hydrogen-bond acceptors (Lipinski definition) is 5. The van der Waals surface area contributed by atoms with Crippen molar-refractivity contribution in [1.82, 2.24) is 14.5 Å². The Bertz CT molecular complexity index is 1400. The van der Waals surface area contributed by atoms with Gasteiger partial charge in [0.05, 0.1) is 31.5 Å². The number of hydrogen-bond donors (Lipinski definition) is 0. The Morgan fingerprint density at radius 1 is 1.05 bits per heavy atom. The zero-order chi connectivity index (χ0) is 25.8. The second kappa shape index (κ2) is 11.1. The maximum absolute atomic E-state index is 13.3. The van der Waals surface area contributed by atoms with Crippen molar-refractivity contribution in [1.29, 1.82) is 0 Å². The molecule has 1 aliphatic heterocycles. The SMILES string of the molecule is Cc1ccc(C(=O)c2cn(Cc3cccc(COC(C)C(=O)N4CCOCC4)c3)c3cnccc23)cc1. The van der Waals surface area contributed by atoms with Gasteiger partial charge >= 0.3 is 0 Å². The van der Waals surface area contributed by atoms with Crippen LogP contribution in [0.4, 0.5) is 0 Å². The average Bonchev–Trinajstić information content (AvgIpc) is 3.30. The summed E-state index contributed by atoms with van der Waals surface area (Å²) in [5, 5.41) is 0.885. The molecule has 1 fully saturated rings. The molecule has 3 heterocycles. The maximum atomic E-state index is 13.3. The first-order valence-corrected chi connectivity index (χ1v) is 12.6. The molecule has 5 rings (SSSR count). The van der Waals surface area contributed by atoms with Crippen molar-refractivity contribution in [2.75, 3.05) is 26.3 Å². The predicted octanol–water partition coefficient (Wildman–Crippen LogP) is 4.39. The van der Waals surface area contributed by atoms with E-state index in [-0.39, 0.29) is 11.7 Å². The number of fused-ring (bicyclic) bond motifs is 1. The van der Waals surface area contributed by atoms with E-state index in [2.05, 4.69) is 21.7 Å². The van der Waals surface area contributed by atoms with E-state index in [1.54, 1.807) is 24.2 Å². The van der Waals surface area contributed by atoms with Crippen molar-refractivity contribution < 1.29 is 19.1 Å². The number of aryl methyl sites for hydroxylation is 1. The van der Waals surface area contributed by atoms with Gasteiger partial charge < -0.3 is 18.9 Å². The van der Waals surface area contributed by atoms with E-state index < -0.39 is 6.10 Å². The number of ether oxygens (including phenoxy) is 2. The highest BCUT2D eigenvalue weighted by molar-refractivity contribution is 6.16. The second-order valence-corrected chi connectivity index (χ2v) is 9.47. The van der Waals surface area contributed by atoms with Crippen molar-refractivity contribution in [3.05, 3.63) is 101 Å². The Balaban J connectivity index is 1.31. The van der Waals surface area contributed by atoms with E-state index >= 15 is 0 Å². The van der Waals surface area contributed by atoms with Crippen LogP contribution in [0.1, 0.15) is 39.5 Å². The fourth-order valence-corrected chi connectivity index (χ4v) is 4.66. The standard InChI is InChI=1S/C30H31N3O4/c1-21-6-8-25(9-7-21)29(34)27-19-33(28-17-31-11-10-26(27)28)18-23-4-3-5-24(16-23)20-37-22(2)30(35)32-12-14-36-15-13-32/h3-11,16-17,19,22H,12-15,18,20H2,1-2H3. The van der Waals surface area contributed by atoms with Gasteiger partial charge in [-0.05, 0) is 31.0 Å². The minimum atomic E-state index is -0.517. The third-order valence-corrected chi connectivity index (χ3v) is 6.76. The zero-order valence-corrected chi connectivity index (χ0v) is 21.2. The van der Waals surface area contributed by atoms with Gasteiger partial charge in [-0.3, -0.25) is 14.6 Å². The quantitative estimate of drug-likeness (QED) is 0.338. The van der Waals surface area contributed by atoms with Crippen LogP contribution < -0.4 is 0 Å². The second-order valence-electron chi connectivity index (χ2n) is 9.47. The number of amides is 1. The van der Waals surface area contributed by atoms with E-state index in [1.807, 2.05) is 55.6 Å². The highest BCUT2D eigenvalue weighted by Crippen LogP contribution is 2.25. The first-order valence-electron chi connectivity index (χ1n) is 12.6. The number of benzene rings is 2. The fraction of sp³-hybridized carbons (Fsp3) is 0.300. The summed E-state index contributed by atoms with van der Waals surface area (Å²) in [5.41, 5.74) is 5.42.